The van der Waals surface area contributed by atoms with Gasteiger partial charge in [0.2, 0.25) is 5.91 Å². The molecule has 0 radical (unpaired) electrons. The molecular formula is C19H18BrN5O2. The van der Waals surface area contributed by atoms with Gasteiger partial charge in [-0.05, 0) is 36.2 Å². The van der Waals surface area contributed by atoms with Gasteiger partial charge < -0.3 is 10.6 Å². The van der Waals surface area contributed by atoms with Crippen LogP contribution in [0.25, 0.3) is 0 Å². The van der Waals surface area contributed by atoms with Crippen LogP contribution in [0.4, 0.5) is 5.69 Å². The smallest absolute Gasteiger partial charge is 0.273 e. The number of aromatic nitrogens is 3. The average molecular weight is 428 g/mol. The van der Waals surface area contributed by atoms with Crippen molar-refractivity contribution in [1.82, 2.24) is 20.3 Å². The van der Waals surface area contributed by atoms with Crippen molar-refractivity contribution in [1.29, 1.82) is 0 Å². The molecule has 1 heterocycles. The van der Waals surface area contributed by atoms with Crippen molar-refractivity contribution < 1.29 is 9.59 Å². The molecule has 8 heteroatoms. The van der Waals surface area contributed by atoms with E-state index in [2.05, 4.69) is 36.9 Å². The van der Waals surface area contributed by atoms with Gasteiger partial charge in [0.15, 0.2) is 5.69 Å². The Balaban J connectivity index is 1.51. The number of benzene rings is 2. The lowest BCUT2D eigenvalue weighted by Crippen LogP contribution is -2.33. The first-order chi connectivity index (χ1) is 13.0. The third kappa shape index (κ3) is 5.24. The van der Waals surface area contributed by atoms with Gasteiger partial charge in [-0.2, -0.15) is 0 Å². The van der Waals surface area contributed by atoms with Crippen LogP contribution in [0, 0.1) is 6.92 Å². The average Bonchev–Trinajstić information content (AvgIpc) is 3.12. The maximum absolute atomic E-state index is 12.2. The Labute approximate surface area is 164 Å². The zero-order valence-electron chi connectivity index (χ0n) is 14.6. The van der Waals surface area contributed by atoms with Gasteiger partial charge in [-0.25, -0.2) is 4.68 Å². The maximum atomic E-state index is 12.2. The summed E-state index contributed by atoms with van der Waals surface area (Å²) in [6.07, 6.45) is 1.55. The zero-order valence-corrected chi connectivity index (χ0v) is 16.2. The largest absolute Gasteiger partial charge is 0.342 e. The molecule has 0 aliphatic carbocycles. The molecule has 0 atom stereocenters. The second-order valence-corrected chi connectivity index (χ2v) is 6.84. The minimum absolute atomic E-state index is 0.153. The molecule has 0 bridgehead atoms. The van der Waals surface area contributed by atoms with Crippen LogP contribution in [-0.4, -0.2) is 33.4 Å². The van der Waals surface area contributed by atoms with Crippen molar-refractivity contribution in [2.45, 2.75) is 13.5 Å². The van der Waals surface area contributed by atoms with Gasteiger partial charge in [-0.3, -0.25) is 9.59 Å². The van der Waals surface area contributed by atoms with Gasteiger partial charge in [0.25, 0.3) is 5.91 Å². The predicted molar refractivity (Wildman–Crippen MR) is 105 cm³/mol. The van der Waals surface area contributed by atoms with Crippen molar-refractivity contribution in [3.8, 4) is 0 Å². The molecule has 138 valence electrons. The van der Waals surface area contributed by atoms with Crippen molar-refractivity contribution >= 4 is 33.4 Å². The van der Waals surface area contributed by atoms with E-state index in [4.69, 9.17) is 0 Å². The number of hydrogen-bond acceptors (Lipinski definition) is 4. The summed E-state index contributed by atoms with van der Waals surface area (Å²) in [5.41, 5.74) is 2.90. The SMILES string of the molecule is Cc1cc(NC(=O)CNC(=O)c2cn(Cc3ccccc3)nn2)ccc1Br. The Morgan fingerprint density at radius 2 is 1.93 bits per heavy atom. The van der Waals surface area contributed by atoms with E-state index in [0.717, 1.165) is 15.6 Å². The van der Waals surface area contributed by atoms with E-state index in [1.54, 1.807) is 16.9 Å². The topological polar surface area (TPSA) is 88.9 Å². The quantitative estimate of drug-likeness (QED) is 0.632. The first kappa shape index (κ1) is 18.8. The summed E-state index contributed by atoms with van der Waals surface area (Å²) in [7, 11) is 0. The van der Waals surface area contributed by atoms with E-state index in [-0.39, 0.29) is 18.1 Å². The fourth-order valence-electron chi connectivity index (χ4n) is 2.43. The van der Waals surface area contributed by atoms with Crippen LogP contribution in [0.2, 0.25) is 0 Å². The fourth-order valence-corrected chi connectivity index (χ4v) is 2.68. The number of halogens is 1. The summed E-state index contributed by atoms with van der Waals surface area (Å²) in [5, 5.41) is 13.1. The van der Waals surface area contributed by atoms with Crippen molar-refractivity contribution in [3.05, 3.63) is 76.0 Å². The minimum atomic E-state index is -0.448. The number of hydrogen-bond donors (Lipinski definition) is 2. The minimum Gasteiger partial charge on any atom is -0.342 e. The summed E-state index contributed by atoms with van der Waals surface area (Å²) in [4.78, 5) is 24.2. The number of nitrogens with zero attached hydrogens (tertiary/aromatic N) is 3. The molecule has 0 spiro atoms. The number of carbonyl (C=O) groups excluding carboxylic acids is 2. The number of carbonyl (C=O) groups is 2. The highest BCUT2D eigenvalue weighted by Crippen LogP contribution is 2.19. The summed E-state index contributed by atoms with van der Waals surface area (Å²) < 4.78 is 2.54. The Morgan fingerprint density at radius 1 is 1.15 bits per heavy atom. The Morgan fingerprint density at radius 3 is 2.67 bits per heavy atom. The molecule has 2 aromatic carbocycles. The Hall–Kier alpha value is -3.00. The molecular weight excluding hydrogens is 410 g/mol. The molecule has 0 aliphatic rings. The predicted octanol–water partition coefficient (Wildman–Crippen LogP) is 2.77. The Kier molecular flexibility index (Phi) is 5.97. The van der Waals surface area contributed by atoms with E-state index in [1.165, 1.54) is 0 Å². The molecule has 7 nitrogen and oxygen atoms in total. The number of anilines is 1. The third-order valence-electron chi connectivity index (χ3n) is 3.81. The highest BCUT2D eigenvalue weighted by molar-refractivity contribution is 9.10. The lowest BCUT2D eigenvalue weighted by molar-refractivity contribution is -0.115. The van der Waals surface area contributed by atoms with Crippen LogP contribution in [0.1, 0.15) is 21.6 Å². The third-order valence-corrected chi connectivity index (χ3v) is 4.70. The van der Waals surface area contributed by atoms with Crippen molar-refractivity contribution in [3.63, 3.8) is 0 Å². The first-order valence-electron chi connectivity index (χ1n) is 8.29. The number of aryl methyl sites for hydroxylation is 1. The highest BCUT2D eigenvalue weighted by Gasteiger charge is 2.12. The molecule has 2 N–H and O–H groups in total. The van der Waals surface area contributed by atoms with Gasteiger partial charge in [0, 0.05) is 10.2 Å². The van der Waals surface area contributed by atoms with E-state index >= 15 is 0 Å². The first-order valence-corrected chi connectivity index (χ1v) is 9.09. The van der Waals surface area contributed by atoms with E-state index in [0.29, 0.717) is 12.2 Å². The number of rotatable bonds is 6. The molecule has 0 saturated heterocycles. The van der Waals surface area contributed by atoms with Gasteiger partial charge in [0.05, 0.1) is 19.3 Å². The number of nitrogens with one attached hydrogen (secondary N) is 2. The summed E-state index contributed by atoms with van der Waals surface area (Å²) >= 11 is 3.41. The monoisotopic (exact) mass is 427 g/mol. The lowest BCUT2D eigenvalue weighted by atomic mass is 10.2. The zero-order chi connectivity index (χ0) is 19.2. The van der Waals surface area contributed by atoms with Gasteiger partial charge in [-0.15, -0.1) is 5.10 Å². The second-order valence-electron chi connectivity index (χ2n) is 5.98. The molecule has 0 aliphatic heterocycles. The lowest BCUT2D eigenvalue weighted by Gasteiger charge is -2.07. The molecule has 3 aromatic rings. The van der Waals surface area contributed by atoms with Gasteiger partial charge in [-0.1, -0.05) is 51.5 Å². The van der Waals surface area contributed by atoms with Gasteiger partial charge >= 0.3 is 0 Å². The fraction of sp³-hybridized carbons (Fsp3) is 0.158. The van der Waals surface area contributed by atoms with Crippen LogP contribution in [-0.2, 0) is 11.3 Å². The highest BCUT2D eigenvalue weighted by atomic mass is 79.9. The van der Waals surface area contributed by atoms with Crippen molar-refractivity contribution in [2.24, 2.45) is 0 Å². The van der Waals surface area contributed by atoms with Crippen LogP contribution < -0.4 is 10.6 Å². The second kappa shape index (κ2) is 8.59. The molecule has 3 rings (SSSR count). The van der Waals surface area contributed by atoms with Crippen LogP contribution in [0.15, 0.2) is 59.2 Å². The normalized spacial score (nSPS) is 10.4. The summed E-state index contributed by atoms with van der Waals surface area (Å²) in [6.45, 7) is 2.30. The molecule has 0 saturated carbocycles. The molecule has 1 aromatic heterocycles. The summed E-state index contributed by atoms with van der Waals surface area (Å²) in [6, 6.07) is 15.2. The standard InChI is InChI=1S/C19H18BrN5O2/c1-13-9-15(7-8-16(13)20)22-18(26)10-21-19(27)17-12-25(24-23-17)11-14-5-3-2-4-6-14/h2-9,12H,10-11H2,1H3,(H,21,27)(H,22,26). The van der Waals surface area contributed by atoms with Crippen LogP contribution >= 0.6 is 15.9 Å². The molecule has 0 fully saturated rings. The maximum Gasteiger partial charge on any atom is 0.273 e. The van der Waals surface area contributed by atoms with E-state index in [9.17, 15) is 9.59 Å². The van der Waals surface area contributed by atoms with E-state index < -0.39 is 5.91 Å². The number of amides is 2. The van der Waals surface area contributed by atoms with Crippen molar-refractivity contribution in [2.75, 3.05) is 11.9 Å². The molecule has 27 heavy (non-hydrogen) atoms. The Bertz CT molecular complexity index is 956. The summed E-state index contributed by atoms with van der Waals surface area (Å²) in [5.74, 6) is -0.766. The van der Waals surface area contributed by atoms with Gasteiger partial charge in [0.1, 0.15) is 0 Å². The van der Waals surface area contributed by atoms with Crippen LogP contribution in [0.5, 0.6) is 0 Å². The molecule has 0 unspecified atom stereocenters. The van der Waals surface area contributed by atoms with Crippen LogP contribution in [0.3, 0.4) is 0 Å². The van der Waals surface area contributed by atoms with E-state index in [1.807, 2.05) is 49.4 Å². The molecule has 2 amide bonds.